The number of carboxylic acid groups (broad SMARTS) is 1. The maximum absolute atomic E-state index is 12.6. The summed E-state index contributed by atoms with van der Waals surface area (Å²) in [6.07, 6.45) is 0.112. The molecule has 7 nitrogen and oxygen atoms in total. The molecule has 0 aliphatic carbocycles. The summed E-state index contributed by atoms with van der Waals surface area (Å²) in [7, 11) is 0. The molecule has 0 bridgehead atoms. The first kappa shape index (κ1) is 24.5. The quantitative estimate of drug-likeness (QED) is 0.265. The van der Waals surface area contributed by atoms with Gasteiger partial charge in [0.2, 0.25) is 5.89 Å². The molecule has 1 aromatic heterocycles. The summed E-state index contributed by atoms with van der Waals surface area (Å²) in [6, 6.07) is 15.2. The standard InChI is InChI=1S/C23H16Cl2N2O5.ClH/c24-15-8-14(9-16(25)11-15)21-27-19-5-4-13(10-20(19)32-21)23(30)31-17-3-1-2-12(6-17)7-18(26)22(28)29;/h1-6,8-11,18H,7,26H2,(H,28,29);1H. The largest absolute Gasteiger partial charge is 0.480 e. The predicted octanol–water partition coefficient (Wildman–Crippen LogP) is 5.40. The van der Waals surface area contributed by atoms with E-state index in [2.05, 4.69) is 4.98 Å². The zero-order chi connectivity index (χ0) is 22.8. The van der Waals surface area contributed by atoms with E-state index in [9.17, 15) is 9.59 Å². The molecule has 170 valence electrons. The van der Waals surface area contributed by atoms with Crippen molar-refractivity contribution in [2.24, 2.45) is 5.73 Å². The van der Waals surface area contributed by atoms with Gasteiger partial charge in [-0.05, 0) is 60.5 Å². The summed E-state index contributed by atoms with van der Waals surface area (Å²) in [4.78, 5) is 28.0. The smallest absolute Gasteiger partial charge is 0.343 e. The van der Waals surface area contributed by atoms with E-state index in [-0.39, 0.29) is 30.1 Å². The van der Waals surface area contributed by atoms with E-state index in [4.69, 9.17) is 43.2 Å². The number of hydrogen-bond acceptors (Lipinski definition) is 6. The average Bonchev–Trinajstić information content (AvgIpc) is 3.16. The van der Waals surface area contributed by atoms with Gasteiger partial charge < -0.3 is 20.0 Å². The Morgan fingerprint density at radius 3 is 2.48 bits per heavy atom. The SMILES string of the molecule is Cl.NC(Cc1cccc(OC(=O)c2ccc3nc(-c4cc(Cl)cc(Cl)c4)oc3c2)c1)C(=O)O. The summed E-state index contributed by atoms with van der Waals surface area (Å²) in [5.74, 6) is -1.11. The molecule has 1 unspecified atom stereocenters. The summed E-state index contributed by atoms with van der Waals surface area (Å²) in [5.41, 5.74) is 8.03. The van der Waals surface area contributed by atoms with Crippen molar-refractivity contribution in [3.63, 3.8) is 0 Å². The maximum atomic E-state index is 12.6. The molecule has 0 spiro atoms. The van der Waals surface area contributed by atoms with Gasteiger partial charge in [0.25, 0.3) is 0 Å². The topological polar surface area (TPSA) is 116 Å². The predicted molar refractivity (Wildman–Crippen MR) is 127 cm³/mol. The number of benzene rings is 3. The number of nitrogens with two attached hydrogens (primary N) is 1. The molecule has 33 heavy (non-hydrogen) atoms. The van der Waals surface area contributed by atoms with Gasteiger partial charge in [-0.1, -0.05) is 35.3 Å². The van der Waals surface area contributed by atoms with Crippen LogP contribution in [0.5, 0.6) is 5.75 Å². The van der Waals surface area contributed by atoms with Crippen molar-refractivity contribution in [2.45, 2.75) is 12.5 Å². The zero-order valence-electron chi connectivity index (χ0n) is 16.8. The Balaban J connectivity index is 0.00000306. The van der Waals surface area contributed by atoms with Crippen LogP contribution in [0.4, 0.5) is 0 Å². The number of carboxylic acids is 1. The highest BCUT2D eigenvalue weighted by molar-refractivity contribution is 6.35. The molecule has 1 atom stereocenters. The van der Waals surface area contributed by atoms with E-state index in [1.165, 1.54) is 6.07 Å². The number of esters is 1. The summed E-state index contributed by atoms with van der Waals surface area (Å²) < 4.78 is 11.2. The zero-order valence-corrected chi connectivity index (χ0v) is 19.2. The Bertz CT molecular complexity index is 1320. The number of aliphatic carboxylic acids is 1. The van der Waals surface area contributed by atoms with Crippen molar-refractivity contribution < 1.29 is 23.8 Å². The van der Waals surface area contributed by atoms with Gasteiger partial charge >= 0.3 is 11.9 Å². The van der Waals surface area contributed by atoms with Gasteiger partial charge in [-0.3, -0.25) is 4.79 Å². The molecule has 0 radical (unpaired) electrons. The lowest BCUT2D eigenvalue weighted by Crippen LogP contribution is -2.32. The van der Waals surface area contributed by atoms with E-state index < -0.39 is 18.0 Å². The van der Waals surface area contributed by atoms with E-state index in [0.717, 1.165) is 0 Å². The normalized spacial score (nSPS) is 11.6. The third-order valence-electron chi connectivity index (χ3n) is 4.62. The van der Waals surface area contributed by atoms with Gasteiger partial charge in [0.15, 0.2) is 5.58 Å². The van der Waals surface area contributed by atoms with Gasteiger partial charge in [0.1, 0.15) is 17.3 Å². The number of carbonyl (C=O) groups is 2. The number of rotatable bonds is 6. The molecule has 1 heterocycles. The number of fused-ring (bicyclic) bond motifs is 1. The number of nitrogens with zero attached hydrogens (tertiary/aromatic N) is 1. The van der Waals surface area contributed by atoms with Crippen LogP contribution in [-0.2, 0) is 11.2 Å². The third-order valence-corrected chi connectivity index (χ3v) is 5.05. The Morgan fingerprint density at radius 2 is 1.79 bits per heavy atom. The van der Waals surface area contributed by atoms with Crippen molar-refractivity contribution in [3.05, 3.63) is 81.8 Å². The van der Waals surface area contributed by atoms with Gasteiger partial charge in [-0.15, -0.1) is 12.4 Å². The van der Waals surface area contributed by atoms with E-state index in [1.54, 1.807) is 54.6 Å². The molecule has 0 amide bonds. The fourth-order valence-corrected chi connectivity index (χ4v) is 3.62. The van der Waals surface area contributed by atoms with Gasteiger partial charge in [-0.2, -0.15) is 0 Å². The number of carbonyl (C=O) groups excluding carboxylic acids is 1. The number of halogens is 3. The first-order valence-corrected chi connectivity index (χ1v) is 10.2. The van der Waals surface area contributed by atoms with Crippen LogP contribution < -0.4 is 10.5 Å². The summed E-state index contributed by atoms with van der Waals surface area (Å²) in [6.45, 7) is 0. The highest BCUT2D eigenvalue weighted by atomic mass is 35.5. The molecule has 0 fully saturated rings. The molecule has 10 heteroatoms. The molecule has 3 N–H and O–H groups in total. The number of aromatic nitrogens is 1. The fraction of sp³-hybridized carbons (Fsp3) is 0.0870. The van der Waals surface area contributed by atoms with E-state index in [1.807, 2.05) is 0 Å². The van der Waals surface area contributed by atoms with Crippen molar-refractivity contribution in [2.75, 3.05) is 0 Å². The highest BCUT2D eigenvalue weighted by Gasteiger charge is 2.16. The summed E-state index contributed by atoms with van der Waals surface area (Å²) >= 11 is 12.1. The first-order valence-electron chi connectivity index (χ1n) is 9.45. The van der Waals surface area contributed by atoms with Crippen LogP contribution in [0.15, 0.2) is 65.1 Å². The monoisotopic (exact) mass is 506 g/mol. The molecule has 0 saturated carbocycles. The van der Waals surface area contributed by atoms with Crippen LogP contribution in [0.25, 0.3) is 22.6 Å². The minimum atomic E-state index is -1.10. The molecule has 4 aromatic rings. The molecule has 3 aromatic carbocycles. The number of ether oxygens (including phenoxy) is 1. The van der Waals surface area contributed by atoms with Gasteiger partial charge in [0, 0.05) is 15.6 Å². The minimum absolute atomic E-state index is 0. The van der Waals surface area contributed by atoms with Crippen molar-refractivity contribution in [3.8, 4) is 17.2 Å². The Hall–Kier alpha value is -3.10. The lowest BCUT2D eigenvalue weighted by molar-refractivity contribution is -0.138. The van der Waals surface area contributed by atoms with Crippen LogP contribution in [-0.4, -0.2) is 28.1 Å². The molecule has 4 rings (SSSR count). The van der Waals surface area contributed by atoms with Crippen molar-refractivity contribution >= 4 is 58.6 Å². The molecular weight excluding hydrogens is 491 g/mol. The minimum Gasteiger partial charge on any atom is -0.480 e. The van der Waals surface area contributed by atoms with Gasteiger partial charge in [0.05, 0.1) is 5.56 Å². The molecular formula is C23H17Cl3N2O5. The van der Waals surface area contributed by atoms with Gasteiger partial charge in [-0.25, -0.2) is 9.78 Å². The van der Waals surface area contributed by atoms with Crippen LogP contribution in [0.1, 0.15) is 15.9 Å². The number of hydrogen-bond donors (Lipinski definition) is 2. The van der Waals surface area contributed by atoms with Crippen LogP contribution >= 0.6 is 35.6 Å². The molecule has 0 aliphatic rings. The second-order valence-electron chi connectivity index (χ2n) is 7.05. The molecule has 0 aliphatic heterocycles. The lowest BCUT2D eigenvalue weighted by Gasteiger charge is -2.09. The summed E-state index contributed by atoms with van der Waals surface area (Å²) in [5, 5.41) is 9.86. The second-order valence-corrected chi connectivity index (χ2v) is 7.92. The lowest BCUT2D eigenvalue weighted by atomic mass is 10.1. The Labute approximate surface area is 204 Å². The highest BCUT2D eigenvalue weighted by Crippen LogP contribution is 2.30. The maximum Gasteiger partial charge on any atom is 0.343 e. The average molecular weight is 508 g/mol. The number of oxazole rings is 1. The third kappa shape index (κ3) is 5.83. The first-order chi connectivity index (χ1) is 15.3. The Morgan fingerprint density at radius 1 is 1.06 bits per heavy atom. The second kappa shape index (κ2) is 10.2. The fourth-order valence-electron chi connectivity index (χ4n) is 3.10. The van der Waals surface area contributed by atoms with E-state index in [0.29, 0.717) is 38.2 Å². The molecule has 0 saturated heterocycles. The Kier molecular flexibility index (Phi) is 7.61. The van der Waals surface area contributed by atoms with Crippen LogP contribution in [0.2, 0.25) is 10.0 Å². The van der Waals surface area contributed by atoms with Crippen molar-refractivity contribution in [1.29, 1.82) is 0 Å². The van der Waals surface area contributed by atoms with E-state index >= 15 is 0 Å². The van der Waals surface area contributed by atoms with Crippen LogP contribution in [0.3, 0.4) is 0 Å². The van der Waals surface area contributed by atoms with Crippen LogP contribution in [0, 0.1) is 0 Å². The van der Waals surface area contributed by atoms with Crippen molar-refractivity contribution in [1.82, 2.24) is 4.98 Å².